The fourth-order valence-corrected chi connectivity index (χ4v) is 3.59. The van der Waals surface area contributed by atoms with Crippen LogP contribution in [0.4, 0.5) is 4.39 Å². The maximum Gasteiger partial charge on any atom is 0.258 e. The van der Waals surface area contributed by atoms with E-state index in [-0.39, 0.29) is 37.0 Å². The van der Waals surface area contributed by atoms with Gasteiger partial charge in [-0.1, -0.05) is 35.9 Å². The molecule has 1 amide bonds. The van der Waals surface area contributed by atoms with Crippen molar-refractivity contribution in [2.45, 2.75) is 19.1 Å². The van der Waals surface area contributed by atoms with Crippen LogP contribution in [0.5, 0.6) is 5.75 Å². The number of ether oxygens (including phenoxy) is 2. The molecule has 0 unspecified atom stereocenters. The van der Waals surface area contributed by atoms with Crippen molar-refractivity contribution in [3.63, 3.8) is 0 Å². The van der Waals surface area contributed by atoms with E-state index in [0.717, 1.165) is 0 Å². The fourth-order valence-electron chi connectivity index (χ4n) is 3.30. The summed E-state index contributed by atoms with van der Waals surface area (Å²) >= 11 is 6.30. The zero-order valence-electron chi connectivity index (χ0n) is 15.7. The maximum atomic E-state index is 14.6. The Bertz CT molecular complexity index is 770. The lowest BCUT2D eigenvalue weighted by atomic mass is 10.0. The Labute approximate surface area is 169 Å². The van der Waals surface area contributed by atoms with E-state index in [2.05, 4.69) is 10.2 Å². The Hall–Kier alpha value is -2.15. The number of hydrogen-bond acceptors (Lipinski definition) is 4. The smallest absolute Gasteiger partial charge is 0.258 e. The minimum Gasteiger partial charge on any atom is -0.484 e. The van der Waals surface area contributed by atoms with E-state index in [1.807, 2.05) is 25.1 Å². The van der Waals surface area contributed by atoms with Crippen LogP contribution in [0.2, 0.25) is 5.02 Å². The molecule has 0 bridgehead atoms. The molecule has 1 saturated heterocycles. The molecule has 1 aliphatic rings. The first kappa shape index (κ1) is 20.6. The van der Waals surface area contributed by atoms with Crippen molar-refractivity contribution in [3.05, 3.63) is 64.9 Å². The van der Waals surface area contributed by atoms with Crippen LogP contribution in [0.25, 0.3) is 0 Å². The van der Waals surface area contributed by atoms with Gasteiger partial charge in [0, 0.05) is 30.2 Å². The van der Waals surface area contributed by atoms with Gasteiger partial charge < -0.3 is 14.8 Å². The van der Waals surface area contributed by atoms with E-state index < -0.39 is 0 Å². The molecule has 28 heavy (non-hydrogen) atoms. The first-order valence-electron chi connectivity index (χ1n) is 9.28. The van der Waals surface area contributed by atoms with Gasteiger partial charge in [0.2, 0.25) is 0 Å². The molecule has 3 rings (SSSR count). The van der Waals surface area contributed by atoms with Gasteiger partial charge in [0.1, 0.15) is 11.6 Å². The Morgan fingerprint density at radius 1 is 1.32 bits per heavy atom. The number of morpholine rings is 1. The Kier molecular flexibility index (Phi) is 7.25. The first-order valence-corrected chi connectivity index (χ1v) is 9.66. The van der Waals surface area contributed by atoms with Crippen LogP contribution < -0.4 is 10.1 Å². The highest BCUT2D eigenvalue weighted by Crippen LogP contribution is 2.31. The number of nitrogens with one attached hydrogen (secondary N) is 1. The minimum atomic E-state index is -0.388. The van der Waals surface area contributed by atoms with Crippen LogP contribution in [0.3, 0.4) is 0 Å². The summed E-state index contributed by atoms with van der Waals surface area (Å²) in [5.41, 5.74) is 0.391. The molecule has 0 spiro atoms. The molecule has 0 aromatic heterocycles. The number of nitrogens with zero attached hydrogens (tertiary/aromatic N) is 1. The number of para-hydroxylation sites is 1. The summed E-state index contributed by atoms with van der Waals surface area (Å²) in [5.74, 6) is -0.0394. The van der Waals surface area contributed by atoms with Crippen molar-refractivity contribution >= 4 is 17.5 Å². The van der Waals surface area contributed by atoms with Crippen LogP contribution >= 0.6 is 11.6 Å². The summed E-state index contributed by atoms with van der Waals surface area (Å²) < 4.78 is 25.6. The molecule has 2 atom stereocenters. The standard InChI is InChI=1S/C21H24ClFN2O3/c1-15-13-25(10-11-27-15)19(21-17(22)8-5-9-18(21)23)12-24-20(26)14-28-16-6-3-2-4-7-16/h2-9,15,19H,10-14H2,1H3,(H,24,26)/t15-,19+/m0/s1. The van der Waals surface area contributed by atoms with Gasteiger partial charge in [-0.15, -0.1) is 0 Å². The molecule has 0 saturated carbocycles. The van der Waals surface area contributed by atoms with Crippen molar-refractivity contribution in [2.75, 3.05) is 32.8 Å². The third-order valence-electron chi connectivity index (χ3n) is 4.65. The molecule has 5 nitrogen and oxygen atoms in total. The Morgan fingerprint density at radius 2 is 2.11 bits per heavy atom. The average molecular weight is 407 g/mol. The van der Waals surface area contributed by atoms with Crippen molar-refractivity contribution in [1.29, 1.82) is 0 Å². The van der Waals surface area contributed by atoms with E-state index in [1.165, 1.54) is 6.07 Å². The van der Waals surface area contributed by atoms with Crippen LogP contribution in [0.1, 0.15) is 18.5 Å². The van der Waals surface area contributed by atoms with Crippen LogP contribution in [-0.2, 0) is 9.53 Å². The molecule has 1 heterocycles. The molecule has 7 heteroatoms. The molecule has 1 aliphatic heterocycles. The molecule has 1 N–H and O–H groups in total. The third kappa shape index (κ3) is 5.44. The minimum absolute atomic E-state index is 0.0268. The zero-order valence-corrected chi connectivity index (χ0v) is 16.5. The van der Waals surface area contributed by atoms with Crippen molar-refractivity contribution in [1.82, 2.24) is 10.2 Å². The molecule has 0 aliphatic carbocycles. The van der Waals surface area contributed by atoms with Gasteiger partial charge in [-0.2, -0.15) is 0 Å². The molecule has 1 fully saturated rings. The highest BCUT2D eigenvalue weighted by Gasteiger charge is 2.29. The molecule has 2 aromatic carbocycles. The fraction of sp³-hybridized carbons (Fsp3) is 0.381. The number of carbonyl (C=O) groups is 1. The molecular formula is C21H24ClFN2O3. The van der Waals surface area contributed by atoms with Crippen molar-refractivity contribution < 1.29 is 18.7 Å². The number of amides is 1. The van der Waals surface area contributed by atoms with Gasteiger partial charge in [-0.3, -0.25) is 9.69 Å². The van der Waals surface area contributed by atoms with Gasteiger partial charge in [-0.25, -0.2) is 4.39 Å². The highest BCUT2D eigenvalue weighted by molar-refractivity contribution is 6.31. The average Bonchev–Trinajstić information content (AvgIpc) is 2.69. The molecule has 2 aromatic rings. The zero-order chi connectivity index (χ0) is 19.9. The molecular weight excluding hydrogens is 383 g/mol. The Balaban J connectivity index is 1.68. The van der Waals surface area contributed by atoms with Crippen LogP contribution in [-0.4, -0.2) is 49.8 Å². The van der Waals surface area contributed by atoms with E-state index in [1.54, 1.807) is 24.3 Å². The lowest BCUT2D eigenvalue weighted by molar-refractivity contribution is -0.123. The SMILES string of the molecule is C[C@H]1CN([C@H](CNC(=O)COc2ccccc2)c2c(F)cccc2Cl)CCO1. The van der Waals surface area contributed by atoms with Gasteiger partial charge in [0.05, 0.1) is 18.8 Å². The summed E-state index contributed by atoms with van der Waals surface area (Å²) in [7, 11) is 0. The van der Waals surface area contributed by atoms with Gasteiger partial charge in [0.15, 0.2) is 6.61 Å². The lowest BCUT2D eigenvalue weighted by Gasteiger charge is -2.38. The number of rotatable bonds is 7. The maximum absolute atomic E-state index is 14.6. The van der Waals surface area contributed by atoms with Gasteiger partial charge >= 0.3 is 0 Å². The number of carbonyl (C=O) groups excluding carboxylic acids is 1. The monoisotopic (exact) mass is 406 g/mol. The highest BCUT2D eigenvalue weighted by atomic mass is 35.5. The molecule has 150 valence electrons. The first-order chi connectivity index (χ1) is 13.5. The van der Waals surface area contributed by atoms with Crippen LogP contribution in [0.15, 0.2) is 48.5 Å². The van der Waals surface area contributed by atoms with Gasteiger partial charge in [0.25, 0.3) is 5.91 Å². The number of benzene rings is 2. The van der Waals surface area contributed by atoms with Crippen LogP contribution in [0, 0.1) is 5.82 Å². The predicted molar refractivity (Wildman–Crippen MR) is 106 cm³/mol. The summed E-state index contributed by atoms with van der Waals surface area (Å²) in [6.07, 6.45) is 0.0268. The second kappa shape index (κ2) is 9.87. The summed E-state index contributed by atoms with van der Waals surface area (Å²) in [6.45, 7) is 3.90. The topological polar surface area (TPSA) is 50.8 Å². The summed E-state index contributed by atoms with van der Waals surface area (Å²) in [4.78, 5) is 14.4. The lowest BCUT2D eigenvalue weighted by Crippen LogP contribution is -2.47. The van der Waals surface area contributed by atoms with E-state index in [0.29, 0.717) is 36.0 Å². The Morgan fingerprint density at radius 3 is 2.82 bits per heavy atom. The van der Waals surface area contributed by atoms with E-state index in [9.17, 15) is 9.18 Å². The summed E-state index contributed by atoms with van der Waals surface area (Å²) in [5, 5.41) is 3.19. The molecule has 0 radical (unpaired) electrons. The summed E-state index contributed by atoms with van der Waals surface area (Å²) in [6, 6.07) is 13.3. The normalized spacial score (nSPS) is 18.5. The third-order valence-corrected chi connectivity index (χ3v) is 4.98. The van der Waals surface area contributed by atoms with Gasteiger partial charge in [-0.05, 0) is 31.2 Å². The predicted octanol–water partition coefficient (Wildman–Crippen LogP) is 3.44. The second-order valence-corrected chi connectivity index (χ2v) is 7.14. The largest absolute Gasteiger partial charge is 0.484 e. The number of halogens is 2. The van der Waals surface area contributed by atoms with Crippen molar-refractivity contribution in [3.8, 4) is 5.75 Å². The van der Waals surface area contributed by atoms with Crippen molar-refractivity contribution in [2.24, 2.45) is 0 Å². The quantitative estimate of drug-likeness (QED) is 0.765. The van der Waals surface area contributed by atoms with E-state index >= 15 is 0 Å². The second-order valence-electron chi connectivity index (χ2n) is 6.73. The number of hydrogen-bond donors (Lipinski definition) is 1. The van der Waals surface area contributed by atoms with E-state index in [4.69, 9.17) is 21.1 Å².